The highest BCUT2D eigenvalue weighted by atomic mass is 19.4. The number of halogens is 3. The minimum Gasteiger partial charge on any atom is -0.308 e. The third-order valence-electron chi connectivity index (χ3n) is 4.82. The number of carbonyl (C=O) groups excluding carboxylic acids is 1. The van der Waals surface area contributed by atoms with Crippen LogP contribution in [-0.4, -0.2) is 21.1 Å². The molecule has 0 aliphatic heterocycles. The van der Waals surface area contributed by atoms with Gasteiger partial charge in [0, 0.05) is 30.1 Å². The third-order valence-corrected chi connectivity index (χ3v) is 4.82. The Labute approximate surface area is 186 Å². The fourth-order valence-corrected chi connectivity index (χ4v) is 3.32. The molecule has 0 saturated carbocycles. The van der Waals surface area contributed by atoms with Crippen LogP contribution in [0.15, 0.2) is 65.4 Å². The van der Waals surface area contributed by atoms with Crippen LogP contribution in [0.3, 0.4) is 0 Å². The molecule has 0 saturated heterocycles. The van der Waals surface area contributed by atoms with E-state index >= 15 is 0 Å². The van der Waals surface area contributed by atoms with Gasteiger partial charge < -0.3 is 5.32 Å². The van der Waals surface area contributed by atoms with Gasteiger partial charge in [0.2, 0.25) is 11.8 Å². The first-order valence-electron chi connectivity index (χ1n) is 9.88. The standard InChI is InChI=1S/C22H19F3N6O2/c1-14-19(12-30(2)28-14)16-8-6-15(7-9-16)11-31-13-20(33-29-31)27-21(32)26-18-5-3-4-17(10-18)22(23,24)25/h3-10,12-13H,11H2,1-2H3,(H-,26,27,29,32)/p+1. The molecule has 0 fully saturated rings. The van der Waals surface area contributed by atoms with Gasteiger partial charge in [0.15, 0.2) is 0 Å². The number of rotatable bonds is 5. The number of amides is 2. The van der Waals surface area contributed by atoms with Crippen LogP contribution in [0.4, 0.5) is 29.5 Å². The molecule has 0 aliphatic rings. The molecule has 0 bridgehead atoms. The molecule has 2 aromatic heterocycles. The van der Waals surface area contributed by atoms with Crippen molar-refractivity contribution in [3.63, 3.8) is 0 Å². The van der Waals surface area contributed by atoms with Crippen molar-refractivity contribution in [2.75, 3.05) is 10.6 Å². The second-order valence-electron chi connectivity index (χ2n) is 7.42. The lowest BCUT2D eigenvalue weighted by Crippen LogP contribution is -2.35. The van der Waals surface area contributed by atoms with E-state index in [-0.39, 0.29) is 11.6 Å². The summed E-state index contributed by atoms with van der Waals surface area (Å²) in [7, 11) is 1.87. The van der Waals surface area contributed by atoms with Gasteiger partial charge in [-0.25, -0.2) is 4.79 Å². The molecule has 33 heavy (non-hydrogen) atoms. The Balaban J connectivity index is 1.36. The van der Waals surface area contributed by atoms with E-state index in [1.54, 1.807) is 4.68 Å². The Morgan fingerprint density at radius 2 is 1.91 bits per heavy atom. The van der Waals surface area contributed by atoms with Crippen molar-refractivity contribution in [1.82, 2.24) is 15.1 Å². The van der Waals surface area contributed by atoms with Crippen LogP contribution < -0.4 is 15.3 Å². The summed E-state index contributed by atoms with van der Waals surface area (Å²) in [5.74, 6) is 0.0436. The average Bonchev–Trinajstić information content (AvgIpc) is 3.33. The molecule has 2 N–H and O–H groups in total. The molecule has 0 atom stereocenters. The number of benzene rings is 2. The van der Waals surface area contributed by atoms with Crippen LogP contribution in [0, 0.1) is 6.92 Å². The molecule has 0 spiro atoms. The topological polar surface area (TPSA) is 88.9 Å². The number of nitrogens with one attached hydrogen (secondary N) is 2. The molecule has 11 heteroatoms. The minimum absolute atomic E-state index is 0.00124. The smallest absolute Gasteiger partial charge is 0.308 e. The lowest BCUT2D eigenvalue weighted by molar-refractivity contribution is -0.754. The number of carbonyl (C=O) groups is 1. The van der Waals surface area contributed by atoms with Gasteiger partial charge >= 0.3 is 18.1 Å². The summed E-state index contributed by atoms with van der Waals surface area (Å²) in [5.41, 5.74) is 3.13. The van der Waals surface area contributed by atoms with Crippen molar-refractivity contribution in [1.29, 1.82) is 0 Å². The Morgan fingerprint density at radius 1 is 1.15 bits per heavy atom. The lowest BCUT2D eigenvalue weighted by atomic mass is 10.1. The monoisotopic (exact) mass is 457 g/mol. The number of anilines is 2. The first kappa shape index (κ1) is 22.1. The highest BCUT2D eigenvalue weighted by Crippen LogP contribution is 2.30. The number of aryl methyl sites for hydroxylation is 2. The summed E-state index contributed by atoms with van der Waals surface area (Å²) in [6.07, 6.45) is -1.07. The first-order chi connectivity index (χ1) is 15.7. The van der Waals surface area contributed by atoms with Crippen LogP contribution in [0.5, 0.6) is 0 Å². The summed E-state index contributed by atoms with van der Waals surface area (Å²) < 4.78 is 46.7. The molecule has 4 rings (SSSR count). The van der Waals surface area contributed by atoms with Crippen molar-refractivity contribution in [3.8, 4) is 11.1 Å². The van der Waals surface area contributed by atoms with Gasteiger partial charge in [-0.2, -0.15) is 18.3 Å². The zero-order chi connectivity index (χ0) is 23.6. The molecule has 8 nitrogen and oxygen atoms in total. The van der Waals surface area contributed by atoms with E-state index in [1.165, 1.54) is 23.0 Å². The summed E-state index contributed by atoms with van der Waals surface area (Å²) in [5, 5.41) is 12.9. The maximum Gasteiger partial charge on any atom is 0.416 e. The van der Waals surface area contributed by atoms with Crippen LogP contribution >= 0.6 is 0 Å². The third kappa shape index (κ3) is 5.37. The fourth-order valence-electron chi connectivity index (χ4n) is 3.32. The lowest BCUT2D eigenvalue weighted by Gasteiger charge is -2.09. The molecule has 2 aromatic carbocycles. The van der Waals surface area contributed by atoms with E-state index in [9.17, 15) is 18.0 Å². The highest BCUT2D eigenvalue weighted by Gasteiger charge is 2.30. The maximum absolute atomic E-state index is 12.8. The average molecular weight is 457 g/mol. The Kier molecular flexibility index (Phi) is 5.86. The predicted molar refractivity (Wildman–Crippen MR) is 113 cm³/mol. The second-order valence-corrected chi connectivity index (χ2v) is 7.42. The van der Waals surface area contributed by atoms with Crippen molar-refractivity contribution in [2.45, 2.75) is 19.6 Å². The summed E-state index contributed by atoms with van der Waals surface area (Å²) in [4.78, 5) is 12.1. The molecule has 0 radical (unpaired) electrons. The first-order valence-corrected chi connectivity index (χ1v) is 9.88. The molecular formula is C22H20F3N6O2+. The van der Waals surface area contributed by atoms with E-state index < -0.39 is 17.8 Å². The Hall–Kier alpha value is -4.15. The quantitative estimate of drug-likeness (QED) is 0.436. The summed E-state index contributed by atoms with van der Waals surface area (Å²) >= 11 is 0. The Morgan fingerprint density at radius 3 is 2.58 bits per heavy atom. The van der Waals surface area contributed by atoms with Crippen LogP contribution in [-0.2, 0) is 19.8 Å². The number of hydrogen-bond acceptors (Lipinski definition) is 4. The largest absolute Gasteiger partial charge is 0.416 e. The van der Waals surface area contributed by atoms with Crippen LogP contribution in [0.2, 0.25) is 0 Å². The van der Waals surface area contributed by atoms with E-state index in [4.69, 9.17) is 4.52 Å². The molecule has 2 amide bonds. The van der Waals surface area contributed by atoms with E-state index in [1.807, 2.05) is 44.4 Å². The van der Waals surface area contributed by atoms with Gasteiger partial charge in [-0.05, 0) is 35.4 Å². The zero-order valence-corrected chi connectivity index (χ0v) is 17.7. The second kappa shape index (κ2) is 8.77. The minimum atomic E-state index is -4.50. The summed E-state index contributed by atoms with van der Waals surface area (Å²) in [6, 6.07) is 11.5. The summed E-state index contributed by atoms with van der Waals surface area (Å²) in [6.45, 7) is 2.35. The highest BCUT2D eigenvalue weighted by molar-refractivity contribution is 5.98. The number of alkyl halides is 3. The van der Waals surface area contributed by atoms with Crippen molar-refractivity contribution >= 4 is 17.6 Å². The zero-order valence-electron chi connectivity index (χ0n) is 17.7. The van der Waals surface area contributed by atoms with E-state index in [0.29, 0.717) is 6.54 Å². The maximum atomic E-state index is 12.8. The molecule has 4 aromatic rings. The van der Waals surface area contributed by atoms with Gasteiger partial charge in [-0.15, -0.1) is 0 Å². The number of urea groups is 1. The van der Waals surface area contributed by atoms with Crippen molar-refractivity contribution < 1.29 is 27.2 Å². The van der Waals surface area contributed by atoms with Gasteiger partial charge in [0.05, 0.1) is 11.3 Å². The molecule has 0 unspecified atom stereocenters. The molecule has 170 valence electrons. The van der Waals surface area contributed by atoms with E-state index in [0.717, 1.165) is 34.5 Å². The number of aromatic nitrogens is 4. The van der Waals surface area contributed by atoms with E-state index in [2.05, 4.69) is 21.0 Å². The van der Waals surface area contributed by atoms with Crippen LogP contribution in [0.25, 0.3) is 11.1 Å². The SMILES string of the molecule is Cc1nn(C)cc1-c1ccc(C[n+]2cc(NC(=O)Nc3cccc(C(F)(F)F)c3)on2)cc1. The molecule has 0 aliphatic carbocycles. The fraction of sp³-hybridized carbons (Fsp3) is 0.182. The molecule has 2 heterocycles. The number of hydrogen-bond donors (Lipinski definition) is 2. The predicted octanol–water partition coefficient (Wildman–Crippen LogP) is 4.38. The van der Waals surface area contributed by atoms with Crippen molar-refractivity contribution in [3.05, 3.63) is 77.7 Å². The number of nitrogens with zero attached hydrogens (tertiary/aromatic N) is 4. The molecular weight excluding hydrogens is 437 g/mol. The van der Waals surface area contributed by atoms with Gasteiger partial charge in [0.25, 0.3) is 6.20 Å². The Bertz CT molecular complexity index is 1280. The van der Waals surface area contributed by atoms with Crippen molar-refractivity contribution in [2.24, 2.45) is 7.05 Å². The van der Waals surface area contributed by atoms with Gasteiger partial charge in [-0.1, -0.05) is 30.3 Å². The van der Waals surface area contributed by atoms with Gasteiger partial charge in [0.1, 0.15) is 0 Å². The normalized spacial score (nSPS) is 11.4. The van der Waals surface area contributed by atoms with Gasteiger partial charge in [-0.3, -0.25) is 14.5 Å². The van der Waals surface area contributed by atoms with Crippen LogP contribution in [0.1, 0.15) is 16.8 Å².